The van der Waals surface area contributed by atoms with Crippen molar-refractivity contribution in [2.75, 3.05) is 37.0 Å². The molecule has 132 valence electrons. The summed E-state index contributed by atoms with van der Waals surface area (Å²) in [6.07, 6.45) is 7.00. The lowest BCUT2D eigenvalue weighted by Crippen LogP contribution is -2.43. The number of hydrogen-bond acceptors (Lipinski definition) is 3. The molecule has 24 heavy (non-hydrogen) atoms. The Bertz CT molecular complexity index is 557. The minimum absolute atomic E-state index is 0.0552. The number of rotatable bonds is 4. The van der Waals surface area contributed by atoms with Crippen LogP contribution in [0.25, 0.3) is 0 Å². The van der Waals surface area contributed by atoms with Crippen LogP contribution in [0.2, 0.25) is 0 Å². The second kappa shape index (κ2) is 7.88. The number of anilines is 2. The van der Waals surface area contributed by atoms with Gasteiger partial charge in [0, 0.05) is 32.8 Å². The third kappa shape index (κ3) is 3.83. The SMILES string of the molecule is CN(c1ccccc1NC(=O)N1CCCC(CO)C1)C1CCCC1. The summed E-state index contributed by atoms with van der Waals surface area (Å²) in [5.74, 6) is 0.209. The van der Waals surface area contributed by atoms with Crippen LogP contribution in [0.3, 0.4) is 0 Å². The Kier molecular flexibility index (Phi) is 5.61. The first-order chi connectivity index (χ1) is 11.7. The molecule has 2 N–H and O–H groups in total. The molecule has 2 amide bonds. The molecule has 0 spiro atoms. The van der Waals surface area contributed by atoms with Gasteiger partial charge >= 0.3 is 6.03 Å². The number of para-hydroxylation sites is 2. The molecular weight excluding hydrogens is 302 g/mol. The van der Waals surface area contributed by atoms with Crippen molar-refractivity contribution in [3.8, 4) is 0 Å². The van der Waals surface area contributed by atoms with Crippen molar-refractivity contribution in [1.29, 1.82) is 0 Å². The standard InChI is InChI=1S/C19H29N3O2/c1-21(16-8-2-3-9-16)18-11-5-4-10-17(18)20-19(24)22-12-6-7-15(13-22)14-23/h4-5,10-11,15-16,23H,2-3,6-9,12-14H2,1H3,(H,20,24). The molecule has 1 aliphatic carbocycles. The van der Waals surface area contributed by atoms with E-state index >= 15 is 0 Å². The highest BCUT2D eigenvalue weighted by atomic mass is 16.3. The third-order valence-electron chi connectivity index (χ3n) is 5.46. The van der Waals surface area contributed by atoms with Crippen LogP contribution < -0.4 is 10.2 Å². The van der Waals surface area contributed by atoms with E-state index in [9.17, 15) is 9.90 Å². The van der Waals surface area contributed by atoms with Gasteiger partial charge in [0.05, 0.1) is 11.4 Å². The van der Waals surface area contributed by atoms with Crippen molar-refractivity contribution in [3.05, 3.63) is 24.3 Å². The zero-order valence-electron chi connectivity index (χ0n) is 14.6. The summed E-state index contributed by atoms with van der Waals surface area (Å²) in [4.78, 5) is 16.8. The van der Waals surface area contributed by atoms with Crippen molar-refractivity contribution in [2.45, 2.75) is 44.6 Å². The van der Waals surface area contributed by atoms with Gasteiger partial charge in [-0.1, -0.05) is 25.0 Å². The van der Waals surface area contributed by atoms with Gasteiger partial charge < -0.3 is 20.2 Å². The summed E-state index contributed by atoms with van der Waals surface area (Å²) < 4.78 is 0. The summed E-state index contributed by atoms with van der Waals surface area (Å²) in [6.45, 7) is 1.57. The molecule has 5 nitrogen and oxygen atoms in total. The molecule has 2 aliphatic rings. The van der Waals surface area contributed by atoms with E-state index in [4.69, 9.17) is 0 Å². The Morgan fingerprint density at radius 2 is 2.00 bits per heavy atom. The molecule has 1 aromatic rings. The second-order valence-electron chi connectivity index (χ2n) is 7.13. The average Bonchev–Trinajstić information content (AvgIpc) is 3.16. The molecule has 2 fully saturated rings. The molecule has 3 rings (SSSR count). The highest BCUT2D eigenvalue weighted by molar-refractivity contribution is 5.93. The van der Waals surface area contributed by atoms with E-state index in [0.29, 0.717) is 12.6 Å². The zero-order valence-corrected chi connectivity index (χ0v) is 14.6. The van der Waals surface area contributed by atoms with Gasteiger partial charge in [0.15, 0.2) is 0 Å². The van der Waals surface area contributed by atoms with Crippen LogP contribution in [0.15, 0.2) is 24.3 Å². The summed E-state index contributed by atoms with van der Waals surface area (Å²) in [5, 5.41) is 12.4. The number of nitrogens with one attached hydrogen (secondary N) is 1. The Balaban J connectivity index is 1.69. The number of carbonyl (C=O) groups excluding carboxylic acids is 1. The first-order valence-corrected chi connectivity index (χ1v) is 9.17. The van der Waals surface area contributed by atoms with Crippen LogP contribution in [-0.2, 0) is 0 Å². The van der Waals surface area contributed by atoms with Crippen LogP contribution in [0.5, 0.6) is 0 Å². The Labute approximate surface area is 144 Å². The smallest absolute Gasteiger partial charge is 0.321 e. The molecule has 1 saturated heterocycles. The predicted octanol–water partition coefficient (Wildman–Crippen LogP) is 3.30. The molecule has 0 bridgehead atoms. The quantitative estimate of drug-likeness (QED) is 0.890. The van der Waals surface area contributed by atoms with Gasteiger partial charge in [-0.15, -0.1) is 0 Å². The van der Waals surface area contributed by atoms with E-state index in [1.165, 1.54) is 25.7 Å². The van der Waals surface area contributed by atoms with E-state index in [1.807, 2.05) is 23.1 Å². The van der Waals surface area contributed by atoms with Crippen molar-refractivity contribution in [1.82, 2.24) is 4.90 Å². The number of carbonyl (C=O) groups is 1. The number of benzene rings is 1. The van der Waals surface area contributed by atoms with Crippen molar-refractivity contribution < 1.29 is 9.90 Å². The first-order valence-electron chi connectivity index (χ1n) is 9.17. The topological polar surface area (TPSA) is 55.8 Å². The van der Waals surface area contributed by atoms with Crippen molar-refractivity contribution >= 4 is 17.4 Å². The van der Waals surface area contributed by atoms with E-state index in [1.54, 1.807) is 0 Å². The van der Waals surface area contributed by atoms with Crippen LogP contribution in [-0.4, -0.2) is 48.8 Å². The number of hydrogen-bond donors (Lipinski definition) is 2. The minimum atomic E-state index is -0.0552. The fourth-order valence-corrected chi connectivity index (χ4v) is 3.97. The van der Waals surface area contributed by atoms with Crippen LogP contribution in [0.1, 0.15) is 38.5 Å². The predicted molar refractivity (Wildman–Crippen MR) is 97.5 cm³/mol. The number of urea groups is 1. The largest absolute Gasteiger partial charge is 0.396 e. The fourth-order valence-electron chi connectivity index (χ4n) is 3.97. The maximum Gasteiger partial charge on any atom is 0.321 e. The molecule has 1 aromatic carbocycles. The van der Waals surface area contributed by atoms with E-state index in [-0.39, 0.29) is 18.6 Å². The lowest BCUT2D eigenvalue weighted by Gasteiger charge is -2.33. The average molecular weight is 331 g/mol. The maximum absolute atomic E-state index is 12.6. The Morgan fingerprint density at radius 1 is 1.25 bits per heavy atom. The highest BCUT2D eigenvalue weighted by Gasteiger charge is 2.25. The summed E-state index contributed by atoms with van der Waals surface area (Å²) in [7, 11) is 2.13. The Morgan fingerprint density at radius 3 is 2.75 bits per heavy atom. The van der Waals surface area contributed by atoms with E-state index in [2.05, 4.69) is 23.3 Å². The molecule has 1 aliphatic heterocycles. The van der Waals surface area contributed by atoms with Gasteiger partial charge in [0.25, 0.3) is 0 Å². The fraction of sp³-hybridized carbons (Fsp3) is 0.632. The van der Waals surface area contributed by atoms with Crippen LogP contribution >= 0.6 is 0 Å². The van der Waals surface area contributed by atoms with Gasteiger partial charge in [-0.3, -0.25) is 0 Å². The number of piperidine rings is 1. The molecule has 0 aromatic heterocycles. The van der Waals surface area contributed by atoms with Crippen LogP contribution in [0.4, 0.5) is 16.2 Å². The number of amides is 2. The number of nitrogens with zero attached hydrogens (tertiary/aromatic N) is 2. The molecule has 1 unspecified atom stereocenters. The number of likely N-dealkylation sites (tertiary alicyclic amines) is 1. The molecule has 1 atom stereocenters. The van der Waals surface area contributed by atoms with Gasteiger partial charge in [0.2, 0.25) is 0 Å². The molecule has 5 heteroatoms. The third-order valence-corrected chi connectivity index (χ3v) is 5.46. The maximum atomic E-state index is 12.6. The molecule has 1 saturated carbocycles. The van der Waals surface area contributed by atoms with Crippen molar-refractivity contribution in [2.24, 2.45) is 5.92 Å². The Hall–Kier alpha value is -1.75. The monoisotopic (exact) mass is 331 g/mol. The lowest BCUT2D eigenvalue weighted by atomic mass is 9.99. The van der Waals surface area contributed by atoms with Gasteiger partial charge in [-0.05, 0) is 43.7 Å². The normalized spacial score (nSPS) is 21.8. The minimum Gasteiger partial charge on any atom is -0.396 e. The zero-order chi connectivity index (χ0) is 16.9. The van der Waals surface area contributed by atoms with Gasteiger partial charge in [-0.25, -0.2) is 4.79 Å². The summed E-state index contributed by atoms with van der Waals surface area (Å²) in [6, 6.07) is 8.57. The summed E-state index contributed by atoms with van der Waals surface area (Å²) >= 11 is 0. The van der Waals surface area contributed by atoms with E-state index < -0.39 is 0 Å². The number of aliphatic hydroxyl groups excluding tert-OH is 1. The lowest BCUT2D eigenvalue weighted by molar-refractivity contribution is 0.136. The molecule has 1 heterocycles. The summed E-state index contributed by atoms with van der Waals surface area (Å²) in [5.41, 5.74) is 1.97. The van der Waals surface area contributed by atoms with Crippen molar-refractivity contribution in [3.63, 3.8) is 0 Å². The van der Waals surface area contributed by atoms with E-state index in [0.717, 1.165) is 30.8 Å². The second-order valence-corrected chi connectivity index (χ2v) is 7.13. The number of aliphatic hydroxyl groups is 1. The first kappa shape index (κ1) is 17.1. The van der Waals surface area contributed by atoms with Crippen LogP contribution in [0, 0.1) is 5.92 Å². The van der Waals surface area contributed by atoms with Gasteiger partial charge in [-0.2, -0.15) is 0 Å². The molecule has 0 radical (unpaired) electrons. The van der Waals surface area contributed by atoms with Gasteiger partial charge in [0.1, 0.15) is 0 Å². The molecular formula is C19H29N3O2. The highest BCUT2D eigenvalue weighted by Crippen LogP contribution is 2.32.